The van der Waals surface area contributed by atoms with Crippen molar-refractivity contribution in [3.63, 3.8) is 0 Å². The van der Waals surface area contributed by atoms with Crippen molar-refractivity contribution >= 4 is 20.8 Å². The summed E-state index contributed by atoms with van der Waals surface area (Å²) in [4.78, 5) is 0. The highest BCUT2D eigenvalue weighted by atomic mass is 32.3. The molecule has 5 fully saturated rings. The minimum absolute atomic E-state index is 0.0234. The highest BCUT2D eigenvalue weighted by Crippen LogP contribution is 2.77. The molecule has 5 rings (SSSR count). The van der Waals surface area contributed by atoms with Crippen molar-refractivity contribution in [1.82, 2.24) is 0 Å². The first-order valence-electron chi connectivity index (χ1n) is 15.1. The number of allylic oxidation sites excluding steroid dienone is 1. The molecule has 2 N–H and O–H groups in total. The Labute approximate surface area is 242 Å². The highest BCUT2D eigenvalue weighted by Gasteiger charge is 2.71. The van der Waals surface area contributed by atoms with Crippen LogP contribution >= 0.6 is 0 Å². The summed E-state index contributed by atoms with van der Waals surface area (Å²) in [6.45, 7) is 18.1. The Kier molecular flexibility index (Phi) is 7.33. The van der Waals surface area contributed by atoms with Gasteiger partial charge >= 0.3 is 20.8 Å². The van der Waals surface area contributed by atoms with Crippen molar-refractivity contribution < 1.29 is 34.3 Å². The van der Waals surface area contributed by atoms with E-state index in [9.17, 15) is 25.9 Å². The number of fused-ring (bicyclic) bond motifs is 7. The van der Waals surface area contributed by atoms with Gasteiger partial charge in [-0.3, -0.25) is 9.11 Å². The summed E-state index contributed by atoms with van der Waals surface area (Å²) < 4.78 is 75.9. The SMILES string of the molecule is C=C(C)[C@@H]1CC[C@]2(COS(=O)(=O)O)CC[C@]3(C)[C@H](CC[C@@H]4[C@@]5(C)CC[C@H](OS(=O)(=O)O)C(C)(C)[C@@H]5CC[C@]43C)[C@@H]12. The molecule has 5 aliphatic rings. The standard InChI is InChI=1S/C30H50O8S2/c1-19(2)20-10-15-30(18-37-39(31,32)33)17-16-28(6)21(25(20)30)8-9-23-27(5)13-12-24(38-40(34,35)36)26(3,4)22(27)11-14-29(23,28)7/h20-25H,1,8-18H2,2-7H3,(H,31,32,33)(H,34,35,36)/t20-,21+,22-,23+,24-,25+,27-,28+,29+,30+/m0/s1. The lowest BCUT2D eigenvalue weighted by molar-refractivity contribution is -0.247. The van der Waals surface area contributed by atoms with E-state index < -0.39 is 32.3 Å². The first kappa shape index (κ1) is 30.9. The van der Waals surface area contributed by atoms with Crippen molar-refractivity contribution in [2.75, 3.05) is 6.61 Å². The van der Waals surface area contributed by atoms with E-state index in [0.717, 1.165) is 63.4 Å². The maximum Gasteiger partial charge on any atom is 0.397 e. The molecular formula is C30H50O8S2. The minimum Gasteiger partial charge on any atom is -0.264 e. The summed E-state index contributed by atoms with van der Waals surface area (Å²) in [5.41, 5.74) is 0.640. The molecule has 40 heavy (non-hydrogen) atoms. The molecule has 0 unspecified atom stereocenters. The van der Waals surface area contributed by atoms with Crippen molar-refractivity contribution in [3.05, 3.63) is 12.2 Å². The molecule has 0 spiro atoms. The molecule has 10 atom stereocenters. The van der Waals surface area contributed by atoms with E-state index in [4.69, 9.17) is 8.37 Å². The largest absolute Gasteiger partial charge is 0.397 e. The summed E-state index contributed by atoms with van der Waals surface area (Å²) in [6, 6.07) is 0. The zero-order valence-corrected chi connectivity index (χ0v) is 26.7. The van der Waals surface area contributed by atoms with E-state index in [-0.39, 0.29) is 40.1 Å². The van der Waals surface area contributed by atoms with Crippen LogP contribution in [0.25, 0.3) is 0 Å². The maximum atomic E-state index is 11.7. The summed E-state index contributed by atoms with van der Waals surface area (Å²) in [7, 11) is -9.04. The first-order chi connectivity index (χ1) is 18.2. The first-order valence-corrected chi connectivity index (χ1v) is 17.9. The van der Waals surface area contributed by atoms with E-state index in [1.807, 2.05) is 0 Å². The zero-order valence-electron chi connectivity index (χ0n) is 25.1. The van der Waals surface area contributed by atoms with Gasteiger partial charge in [-0.05, 0) is 128 Å². The van der Waals surface area contributed by atoms with Crippen LogP contribution in [0.2, 0.25) is 0 Å². The van der Waals surface area contributed by atoms with Gasteiger partial charge in [0.2, 0.25) is 0 Å². The Hall–Kier alpha value is -0.520. The molecule has 5 saturated carbocycles. The number of hydrogen-bond donors (Lipinski definition) is 2. The molecule has 230 valence electrons. The van der Waals surface area contributed by atoms with Gasteiger partial charge in [0.25, 0.3) is 0 Å². The number of hydrogen-bond acceptors (Lipinski definition) is 6. The van der Waals surface area contributed by atoms with Crippen molar-refractivity contribution in [1.29, 1.82) is 0 Å². The lowest BCUT2D eigenvalue weighted by Crippen LogP contribution is -2.67. The van der Waals surface area contributed by atoms with Crippen LogP contribution in [-0.2, 0) is 29.2 Å². The van der Waals surface area contributed by atoms with Crippen molar-refractivity contribution in [2.45, 2.75) is 112 Å². The predicted octanol–water partition coefficient (Wildman–Crippen LogP) is 6.65. The average Bonchev–Trinajstić information content (AvgIpc) is 3.19. The van der Waals surface area contributed by atoms with Gasteiger partial charge in [0.1, 0.15) is 0 Å². The molecule has 0 bridgehead atoms. The van der Waals surface area contributed by atoms with Crippen LogP contribution in [0, 0.1) is 56.7 Å². The molecule has 0 aliphatic heterocycles. The van der Waals surface area contributed by atoms with E-state index in [0.29, 0.717) is 24.2 Å². The van der Waals surface area contributed by atoms with Gasteiger partial charge < -0.3 is 0 Å². The molecule has 0 aromatic rings. The van der Waals surface area contributed by atoms with Crippen LogP contribution < -0.4 is 0 Å². The van der Waals surface area contributed by atoms with Gasteiger partial charge in [0, 0.05) is 0 Å². The molecular weight excluding hydrogens is 552 g/mol. The molecule has 0 heterocycles. The fourth-order valence-electron chi connectivity index (χ4n) is 12.0. The van der Waals surface area contributed by atoms with Crippen LogP contribution in [0.5, 0.6) is 0 Å². The fourth-order valence-corrected chi connectivity index (χ4v) is 13.0. The highest BCUT2D eigenvalue weighted by molar-refractivity contribution is 7.81. The lowest BCUT2D eigenvalue weighted by Gasteiger charge is -2.73. The van der Waals surface area contributed by atoms with Crippen LogP contribution in [0.1, 0.15) is 106 Å². The molecule has 0 amide bonds. The van der Waals surface area contributed by atoms with Crippen LogP contribution in [0.3, 0.4) is 0 Å². The summed E-state index contributed by atoms with van der Waals surface area (Å²) in [5, 5.41) is 0. The number of rotatable bonds is 6. The molecule has 0 radical (unpaired) electrons. The Bertz CT molecular complexity index is 1260. The van der Waals surface area contributed by atoms with Gasteiger partial charge in [-0.2, -0.15) is 16.8 Å². The molecule has 5 aliphatic carbocycles. The van der Waals surface area contributed by atoms with Crippen LogP contribution in [0.4, 0.5) is 0 Å². The van der Waals surface area contributed by atoms with E-state index in [1.165, 1.54) is 0 Å². The van der Waals surface area contributed by atoms with Crippen LogP contribution in [0.15, 0.2) is 12.2 Å². The smallest absolute Gasteiger partial charge is 0.264 e. The van der Waals surface area contributed by atoms with Crippen molar-refractivity contribution in [3.8, 4) is 0 Å². The molecule has 0 aromatic heterocycles. The normalized spacial score (nSPS) is 48.4. The van der Waals surface area contributed by atoms with Gasteiger partial charge in [-0.1, -0.05) is 46.8 Å². The third kappa shape index (κ3) is 4.57. The zero-order chi connectivity index (χ0) is 29.7. The topological polar surface area (TPSA) is 127 Å². The third-order valence-electron chi connectivity index (χ3n) is 13.9. The second-order valence-corrected chi connectivity index (χ2v) is 17.7. The van der Waals surface area contributed by atoms with E-state index in [1.54, 1.807) is 0 Å². The lowest BCUT2D eigenvalue weighted by atomic mass is 9.32. The second kappa shape index (κ2) is 9.49. The summed E-state index contributed by atoms with van der Waals surface area (Å²) >= 11 is 0. The van der Waals surface area contributed by atoms with Gasteiger partial charge in [0.15, 0.2) is 0 Å². The fraction of sp³-hybridized carbons (Fsp3) is 0.933. The Morgan fingerprint density at radius 2 is 1.48 bits per heavy atom. The van der Waals surface area contributed by atoms with Gasteiger partial charge in [0.05, 0.1) is 12.7 Å². The molecule has 10 heteroatoms. The summed E-state index contributed by atoms with van der Waals surface area (Å²) in [5.74, 6) is 1.73. The Morgan fingerprint density at radius 1 is 0.800 bits per heavy atom. The maximum absolute atomic E-state index is 11.7. The average molecular weight is 603 g/mol. The van der Waals surface area contributed by atoms with Gasteiger partial charge in [-0.15, -0.1) is 0 Å². The summed E-state index contributed by atoms with van der Waals surface area (Å²) in [6.07, 6.45) is 8.84. The molecule has 0 saturated heterocycles. The van der Waals surface area contributed by atoms with Crippen LogP contribution in [-0.4, -0.2) is 38.7 Å². The minimum atomic E-state index is -4.52. The molecule has 8 nitrogen and oxygen atoms in total. The van der Waals surface area contributed by atoms with E-state index >= 15 is 0 Å². The predicted molar refractivity (Wildman–Crippen MR) is 153 cm³/mol. The van der Waals surface area contributed by atoms with E-state index in [2.05, 4.69) is 48.1 Å². The van der Waals surface area contributed by atoms with Crippen molar-refractivity contribution in [2.24, 2.45) is 56.7 Å². The Morgan fingerprint density at radius 3 is 2.08 bits per heavy atom. The third-order valence-corrected chi connectivity index (χ3v) is 14.8. The Balaban J connectivity index is 1.49. The second-order valence-electron chi connectivity index (χ2n) is 15.6. The van der Waals surface area contributed by atoms with Gasteiger partial charge in [-0.25, -0.2) is 8.37 Å². The monoisotopic (exact) mass is 602 g/mol. The molecule has 0 aromatic carbocycles. The quantitative estimate of drug-likeness (QED) is 0.255.